The fraction of sp³-hybridized carbons (Fsp3) is 1.00. The minimum Gasteiger partial charge on any atom is -0.381 e. The molecule has 3 heteroatoms. The summed E-state index contributed by atoms with van der Waals surface area (Å²) in [6.45, 7) is 5.54. The maximum absolute atomic E-state index is 5.86. The van der Waals surface area contributed by atoms with Gasteiger partial charge < -0.3 is 15.0 Å². The molecule has 2 aliphatic heterocycles. The lowest BCUT2D eigenvalue weighted by molar-refractivity contribution is 0.0647. The number of hydrogen-bond acceptors (Lipinski definition) is 3. The number of likely N-dealkylation sites (tertiary alicyclic amines) is 1. The van der Waals surface area contributed by atoms with Crippen molar-refractivity contribution in [1.82, 2.24) is 10.2 Å². The molecule has 2 saturated heterocycles. The maximum atomic E-state index is 5.86. The van der Waals surface area contributed by atoms with Gasteiger partial charge in [-0.25, -0.2) is 0 Å². The van der Waals surface area contributed by atoms with Gasteiger partial charge in [-0.2, -0.15) is 0 Å². The molecule has 2 unspecified atom stereocenters. The zero-order chi connectivity index (χ0) is 11.9. The monoisotopic (exact) mass is 240 g/mol. The normalized spacial score (nSPS) is 31.6. The number of piperidine rings is 2. The van der Waals surface area contributed by atoms with Crippen LogP contribution in [-0.2, 0) is 4.74 Å². The smallest absolute Gasteiger partial charge is 0.0506 e. The quantitative estimate of drug-likeness (QED) is 0.743. The van der Waals surface area contributed by atoms with E-state index in [-0.39, 0.29) is 0 Å². The first-order valence-electron chi connectivity index (χ1n) is 7.35. The average Bonchev–Trinajstić information content (AvgIpc) is 2.38. The Hall–Kier alpha value is -0.120. The minimum absolute atomic E-state index is 0.757. The Morgan fingerprint density at radius 1 is 1.24 bits per heavy atom. The zero-order valence-corrected chi connectivity index (χ0v) is 11.3. The molecule has 17 heavy (non-hydrogen) atoms. The average molecular weight is 240 g/mol. The molecule has 0 aromatic rings. The molecule has 0 amide bonds. The Morgan fingerprint density at radius 3 is 2.94 bits per heavy atom. The summed E-state index contributed by atoms with van der Waals surface area (Å²) < 4.78 is 5.86. The summed E-state index contributed by atoms with van der Waals surface area (Å²) in [5, 5.41) is 3.44. The molecule has 1 N–H and O–H groups in total. The highest BCUT2D eigenvalue weighted by Gasteiger charge is 2.18. The van der Waals surface area contributed by atoms with Gasteiger partial charge in [-0.1, -0.05) is 6.42 Å². The van der Waals surface area contributed by atoms with Crippen LogP contribution < -0.4 is 5.32 Å². The van der Waals surface area contributed by atoms with Crippen LogP contribution in [0.15, 0.2) is 0 Å². The van der Waals surface area contributed by atoms with Gasteiger partial charge in [0.2, 0.25) is 0 Å². The van der Waals surface area contributed by atoms with Crippen molar-refractivity contribution in [2.24, 2.45) is 5.92 Å². The molecular weight excluding hydrogens is 212 g/mol. The van der Waals surface area contributed by atoms with E-state index in [9.17, 15) is 0 Å². The molecule has 0 aromatic carbocycles. The van der Waals surface area contributed by atoms with Gasteiger partial charge in [0.25, 0.3) is 0 Å². The van der Waals surface area contributed by atoms with Crippen LogP contribution in [0.1, 0.15) is 38.5 Å². The van der Waals surface area contributed by atoms with E-state index in [1.165, 1.54) is 51.6 Å². The second kappa shape index (κ2) is 7.34. The predicted molar refractivity (Wildman–Crippen MR) is 71.3 cm³/mol. The van der Waals surface area contributed by atoms with Crippen LogP contribution in [0.4, 0.5) is 0 Å². The fourth-order valence-electron chi connectivity index (χ4n) is 3.04. The van der Waals surface area contributed by atoms with Gasteiger partial charge in [0.1, 0.15) is 0 Å². The van der Waals surface area contributed by atoms with Crippen molar-refractivity contribution < 1.29 is 4.74 Å². The van der Waals surface area contributed by atoms with E-state index < -0.39 is 0 Å². The van der Waals surface area contributed by atoms with Crippen LogP contribution in [-0.4, -0.2) is 50.8 Å². The summed E-state index contributed by atoms with van der Waals surface area (Å²) in [5.74, 6) is 0.757. The van der Waals surface area contributed by atoms with Crippen LogP contribution in [0.2, 0.25) is 0 Å². The van der Waals surface area contributed by atoms with Crippen LogP contribution in [0, 0.1) is 5.92 Å². The molecule has 0 spiro atoms. The van der Waals surface area contributed by atoms with Crippen LogP contribution in [0.3, 0.4) is 0 Å². The number of nitrogens with zero attached hydrogens (tertiary/aromatic N) is 1. The highest BCUT2D eigenvalue weighted by atomic mass is 16.5. The Labute approximate surface area is 106 Å². The van der Waals surface area contributed by atoms with Crippen molar-refractivity contribution in [2.45, 2.75) is 44.6 Å². The van der Waals surface area contributed by atoms with E-state index in [0.29, 0.717) is 0 Å². The molecule has 2 rings (SSSR count). The summed E-state index contributed by atoms with van der Waals surface area (Å²) in [5.41, 5.74) is 0. The predicted octanol–water partition coefficient (Wildman–Crippen LogP) is 1.88. The van der Waals surface area contributed by atoms with Gasteiger partial charge in [-0.3, -0.25) is 0 Å². The molecule has 0 aromatic heterocycles. The van der Waals surface area contributed by atoms with Crippen LogP contribution in [0.5, 0.6) is 0 Å². The number of hydrogen-bond donors (Lipinski definition) is 1. The van der Waals surface area contributed by atoms with Crippen molar-refractivity contribution in [2.75, 3.05) is 39.9 Å². The van der Waals surface area contributed by atoms with Crippen molar-refractivity contribution in [3.8, 4) is 0 Å². The van der Waals surface area contributed by atoms with Crippen molar-refractivity contribution in [3.05, 3.63) is 0 Å². The molecular formula is C14H28N2O. The summed E-state index contributed by atoms with van der Waals surface area (Å²) >= 11 is 0. The van der Waals surface area contributed by atoms with E-state index in [0.717, 1.165) is 31.7 Å². The lowest BCUT2D eigenvalue weighted by atomic mass is 10.00. The summed E-state index contributed by atoms with van der Waals surface area (Å²) in [4.78, 5) is 2.51. The molecule has 100 valence electrons. The van der Waals surface area contributed by atoms with Crippen molar-refractivity contribution >= 4 is 0 Å². The largest absolute Gasteiger partial charge is 0.381 e. The molecule has 2 fully saturated rings. The van der Waals surface area contributed by atoms with E-state index in [2.05, 4.69) is 17.3 Å². The van der Waals surface area contributed by atoms with E-state index in [1.54, 1.807) is 0 Å². The summed E-state index contributed by atoms with van der Waals surface area (Å²) in [7, 11) is 2.26. The first-order valence-corrected chi connectivity index (χ1v) is 7.35. The zero-order valence-electron chi connectivity index (χ0n) is 11.3. The third kappa shape index (κ3) is 4.57. The summed E-state index contributed by atoms with van der Waals surface area (Å²) in [6.07, 6.45) is 8.03. The van der Waals surface area contributed by atoms with Gasteiger partial charge in [0.05, 0.1) is 6.61 Å². The number of nitrogens with one attached hydrogen (secondary N) is 1. The molecule has 0 bridgehead atoms. The van der Waals surface area contributed by atoms with Crippen LogP contribution >= 0.6 is 0 Å². The van der Waals surface area contributed by atoms with Gasteiger partial charge in [-0.15, -0.1) is 0 Å². The van der Waals surface area contributed by atoms with Crippen molar-refractivity contribution in [1.29, 1.82) is 0 Å². The Kier molecular flexibility index (Phi) is 5.75. The molecule has 0 saturated carbocycles. The van der Waals surface area contributed by atoms with Gasteiger partial charge in [0, 0.05) is 19.2 Å². The third-order valence-corrected chi connectivity index (χ3v) is 4.27. The maximum Gasteiger partial charge on any atom is 0.0506 e. The standard InChI is InChI=1S/C14H28N2O/c1-16-9-3-2-6-14(16)7-10-17-12-13-5-4-8-15-11-13/h13-15H,2-12H2,1H3. The summed E-state index contributed by atoms with van der Waals surface area (Å²) in [6, 6.07) is 0.772. The SMILES string of the molecule is CN1CCCCC1CCOCC1CCCNC1. The highest BCUT2D eigenvalue weighted by molar-refractivity contribution is 4.74. The second-order valence-electron chi connectivity index (χ2n) is 5.71. The van der Waals surface area contributed by atoms with Gasteiger partial charge in [-0.05, 0) is 58.2 Å². The lowest BCUT2D eigenvalue weighted by Crippen LogP contribution is -2.37. The molecule has 2 atom stereocenters. The Bertz CT molecular complexity index is 204. The lowest BCUT2D eigenvalue weighted by Gasteiger charge is -2.32. The first kappa shape index (κ1) is 13.3. The van der Waals surface area contributed by atoms with Crippen LogP contribution in [0.25, 0.3) is 0 Å². The molecule has 2 heterocycles. The Morgan fingerprint density at radius 2 is 2.18 bits per heavy atom. The second-order valence-corrected chi connectivity index (χ2v) is 5.71. The number of rotatable bonds is 5. The first-order chi connectivity index (χ1) is 8.36. The molecule has 0 aliphatic carbocycles. The highest BCUT2D eigenvalue weighted by Crippen LogP contribution is 2.18. The van der Waals surface area contributed by atoms with Crippen molar-refractivity contribution in [3.63, 3.8) is 0 Å². The molecule has 3 nitrogen and oxygen atoms in total. The number of ether oxygens (including phenoxy) is 1. The van der Waals surface area contributed by atoms with E-state index >= 15 is 0 Å². The topological polar surface area (TPSA) is 24.5 Å². The molecule has 2 aliphatic rings. The van der Waals surface area contributed by atoms with Gasteiger partial charge in [0.15, 0.2) is 0 Å². The van der Waals surface area contributed by atoms with Gasteiger partial charge >= 0.3 is 0 Å². The fourth-order valence-corrected chi connectivity index (χ4v) is 3.04. The van der Waals surface area contributed by atoms with E-state index in [1.807, 2.05) is 0 Å². The third-order valence-electron chi connectivity index (χ3n) is 4.27. The Balaban J connectivity index is 1.53. The molecule has 0 radical (unpaired) electrons. The minimum atomic E-state index is 0.757. The van der Waals surface area contributed by atoms with E-state index in [4.69, 9.17) is 4.74 Å².